The average molecular weight is 381 g/mol. The predicted molar refractivity (Wildman–Crippen MR) is 109 cm³/mol. The van der Waals surface area contributed by atoms with E-state index in [1.807, 2.05) is 47.8 Å². The molecule has 0 aliphatic heterocycles. The van der Waals surface area contributed by atoms with Crippen LogP contribution < -0.4 is 10.1 Å². The number of carbonyl (C=O) groups excluding carboxylic acids is 1. The maximum atomic E-state index is 12.4. The van der Waals surface area contributed by atoms with E-state index in [1.165, 1.54) is 0 Å². The summed E-state index contributed by atoms with van der Waals surface area (Å²) in [5, 5.41) is 6.05. The van der Waals surface area contributed by atoms with Crippen LogP contribution in [0.5, 0.6) is 5.75 Å². The van der Waals surface area contributed by atoms with Gasteiger partial charge in [-0.05, 0) is 23.8 Å². The Morgan fingerprint density at radius 1 is 1.11 bits per heavy atom. The summed E-state index contributed by atoms with van der Waals surface area (Å²) in [5.41, 5.74) is 2.59. The second-order valence-corrected chi connectivity index (χ2v) is 8.24. The summed E-state index contributed by atoms with van der Waals surface area (Å²) in [7, 11) is 0. The molecule has 1 aromatic heterocycles. The lowest BCUT2D eigenvalue weighted by Crippen LogP contribution is -2.22. The van der Waals surface area contributed by atoms with Crippen LogP contribution >= 0.6 is 11.3 Å². The number of nitrogens with one attached hydrogen (secondary N) is 1. The number of rotatable bonds is 6. The van der Waals surface area contributed by atoms with E-state index in [9.17, 15) is 4.79 Å². The molecule has 1 amide bonds. The third-order valence-corrected chi connectivity index (χ3v) is 5.29. The number of carbonyl (C=O) groups is 1. The lowest BCUT2D eigenvalue weighted by Gasteiger charge is -2.13. The van der Waals surface area contributed by atoms with Gasteiger partial charge in [0.25, 0.3) is 5.91 Å². The fourth-order valence-electron chi connectivity index (χ4n) is 2.48. The zero-order valence-corrected chi connectivity index (χ0v) is 16.7. The topological polar surface area (TPSA) is 51.2 Å². The minimum Gasteiger partial charge on any atom is -0.487 e. The summed E-state index contributed by atoms with van der Waals surface area (Å²) in [6.07, 6.45) is 0. The number of ether oxygens (including phenoxy) is 1. The first-order valence-electron chi connectivity index (χ1n) is 8.92. The number of benzene rings is 2. The second-order valence-electron chi connectivity index (χ2n) is 7.38. The number of hydrogen-bond donors (Lipinski definition) is 1. The molecule has 1 heterocycles. The van der Waals surface area contributed by atoms with Crippen LogP contribution in [0.1, 0.15) is 47.4 Å². The lowest BCUT2D eigenvalue weighted by molar-refractivity contribution is 0.0950. The van der Waals surface area contributed by atoms with Crippen LogP contribution in [0.3, 0.4) is 0 Å². The van der Waals surface area contributed by atoms with E-state index in [-0.39, 0.29) is 11.3 Å². The van der Waals surface area contributed by atoms with Gasteiger partial charge in [-0.3, -0.25) is 4.79 Å². The molecule has 4 nitrogen and oxygen atoms in total. The Morgan fingerprint density at radius 2 is 1.89 bits per heavy atom. The highest BCUT2D eigenvalue weighted by atomic mass is 32.1. The Balaban J connectivity index is 1.58. The van der Waals surface area contributed by atoms with Gasteiger partial charge in [-0.1, -0.05) is 57.2 Å². The van der Waals surface area contributed by atoms with Crippen molar-refractivity contribution in [1.82, 2.24) is 10.3 Å². The summed E-state index contributed by atoms with van der Waals surface area (Å²) in [6, 6.07) is 17.1. The second kappa shape index (κ2) is 8.35. The van der Waals surface area contributed by atoms with Crippen molar-refractivity contribution >= 4 is 17.2 Å². The quantitative estimate of drug-likeness (QED) is 0.658. The van der Waals surface area contributed by atoms with Gasteiger partial charge in [0, 0.05) is 22.9 Å². The van der Waals surface area contributed by atoms with Crippen molar-refractivity contribution in [3.63, 3.8) is 0 Å². The zero-order valence-electron chi connectivity index (χ0n) is 15.9. The number of nitrogens with zero attached hydrogens (tertiary/aromatic N) is 1. The maximum absolute atomic E-state index is 12.4. The third-order valence-electron chi connectivity index (χ3n) is 3.97. The minimum absolute atomic E-state index is 0.0413. The van der Waals surface area contributed by atoms with E-state index in [1.54, 1.807) is 23.5 Å². The van der Waals surface area contributed by atoms with Crippen LogP contribution in [0.25, 0.3) is 0 Å². The maximum Gasteiger partial charge on any atom is 0.251 e. The molecule has 0 aliphatic carbocycles. The Morgan fingerprint density at radius 3 is 2.59 bits per heavy atom. The van der Waals surface area contributed by atoms with Gasteiger partial charge in [0.05, 0.1) is 10.7 Å². The average Bonchev–Trinajstić information content (AvgIpc) is 3.15. The van der Waals surface area contributed by atoms with E-state index in [0.717, 1.165) is 16.3 Å². The van der Waals surface area contributed by atoms with Gasteiger partial charge in [0.15, 0.2) is 0 Å². The van der Waals surface area contributed by atoms with Gasteiger partial charge in [-0.2, -0.15) is 0 Å². The molecule has 0 spiro atoms. The van der Waals surface area contributed by atoms with Crippen molar-refractivity contribution in [2.75, 3.05) is 0 Å². The number of amides is 1. The van der Waals surface area contributed by atoms with Crippen LogP contribution in [-0.2, 0) is 18.6 Å². The molecular weight excluding hydrogens is 356 g/mol. The number of hydrogen-bond acceptors (Lipinski definition) is 4. The predicted octanol–water partition coefficient (Wildman–Crippen LogP) is 4.95. The zero-order chi connectivity index (χ0) is 19.3. The van der Waals surface area contributed by atoms with Crippen LogP contribution in [-0.4, -0.2) is 10.9 Å². The molecule has 27 heavy (non-hydrogen) atoms. The Kier molecular flexibility index (Phi) is 5.91. The summed E-state index contributed by atoms with van der Waals surface area (Å²) in [4.78, 5) is 17.0. The smallest absolute Gasteiger partial charge is 0.251 e. The molecule has 0 unspecified atom stereocenters. The van der Waals surface area contributed by atoms with E-state index >= 15 is 0 Å². The molecule has 0 fully saturated rings. The van der Waals surface area contributed by atoms with E-state index in [4.69, 9.17) is 4.74 Å². The number of thiazole rings is 1. The molecule has 1 N–H and O–H groups in total. The molecule has 0 saturated carbocycles. The molecule has 0 atom stereocenters. The van der Waals surface area contributed by atoms with Gasteiger partial charge in [-0.25, -0.2) is 4.98 Å². The standard InChI is InChI=1S/C22H24N2O2S/c1-22(2,3)21-24-18(15-27-21)14-26-19-11-7-10-17(12-19)20(25)23-13-16-8-5-4-6-9-16/h4-12,15H,13-14H2,1-3H3,(H,23,25). The number of aromatic nitrogens is 1. The van der Waals surface area contributed by atoms with Crippen molar-refractivity contribution < 1.29 is 9.53 Å². The summed E-state index contributed by atoms with van der Waals surface area (Å²) in [5.74, 6) is 0.542. The molecule has 140 valence electrons. The van der Waals surface area contributed by atoms with Gasteiger partial charge in [-0.15, -0.1) is 11.3 Å². The summed E-state index contributed by atoms with van der Waals surface area (Å²) >= 11 is 1.65. The highest BCUT2D eigenvalue weighted by molar-refractivity contribution is 7.09. The van der Waals surface area contributed by atoms with Gasteiger partial charge >= 0.3 is 0 Å². The summed E-state index contributed by atoms with van der Waals surface area (Å²) < 4.78 is 5.84. The van der Waals surface area contributed by atoms with Crippen LogP contribution in [0.2, 0.25) is 0 Å². The molecular formula is C22H24N2O2S. The van der Waals surface area contributed by atoms with E-state index < -0.39 is 0 Å². The molecule has 2 aromatic carbocycles. The van der Waals surface area contributed by atoms with E-state index in [2.05, 4.69) is 31.1 Å². The van der Waals surface area contributed by atoms with Gasteiger partial charge < -0.3 is 10.1 Å². The molecule has 0 saturated heterocycles. The molecule has 0 aliphatic rings. The minimum atomic E-state index is -0.118. The van der Waals surface area contributed by atoms with Crippen LogP contribution in [0.4, 0.5) is 0 Å². The van der Waals surface area contributed by atoms with Crippen molar-refractivity contribution in [2.45, 2.75) is 39.3 Å². The molecule has 3 aromatic rings. The fraction of sp³-hybridized carbons (Fsp3) is 0.273. The molecule has 5 heteroatoms. The normalized spacial score (nSPS) is 11.2. The van der Waals surface area contributed by atoms with Gasteiger partial charge in [0.1, 0.15) is 12.4 Å². The van der Waals surface area contributed by atoms with Crippen LogP contribution in [0.15, 0.2) is 60.0 Å². The SMILES string of the molecule is CC(C)(C)c1nc(COc2cccc(C(=O)NCc3ccccc3)c2)cs1. The van der Waals surface area contributed by atoms with Gasteiger partial charge in [0.2, 0.25) is 0 Å². The highest BCUT2D eigenvalue weighted by Gasteiger charge is 2.18. The first-order valence-corrected chi connectivity index (χ1v) is 9.80. The molecule has 0 radical (unpaired) electrons. The molecule has 0 bridgehead atoms. The van der Waals surface area contributed by atoms with Crippen molar-refractivity contribution in [2.24, 2.45) is 0 Å². The van der Waals surface area contributed by atoms with Crippen molar-refractivity contribution in [1.29, 1.82) is 0 Å². The van der Waals surface area contributed by atoms with Crippen LogP contribution in [0, 0.1) is 0 Å². The largest absolute Gasteiger partial charge is 0.487 e. The Labute approximate surface area is 164 Å². The third kappa shape index (κ3) is 5.41. The van der Waals surface area contributed by atoms with Crippen molar-refractivity contribution in [3.8, 4) is 5.75 Å². The Hall–Kier alpha value is -2.66. The van der Waals surface area contributed by atoms with E-state index in [0.29, 0.717) is 24.5 Å². The Bertz CT molecular complexity index is 898. The summed E-state index contributed by atoms with van der Waals surface area (Å²) in [6.45, 7) is 7.33. The fourth-order valence-corrected chi connectivity index (χ4v) is 3.37. The monoisotopic (exact) mass is 380 g/mol. The lowest BCUT2D eigenvalue weighted by atomic mass is 9.98. The molecule has 3 rings (SSSR count). The first kappa shape index (κ1) is 19.1. The first-order chi connectivity index (χ1) is 12.9. The van der Waals surface area contributed by atoms with Crippen molar-refractivity contribution in [3.05, 3.63) is 81.8 Å². The highest BCUT2D eigenvalue weighted by Crippen LogP contribution is 2.26.